The van der Waals surface area contributed by atoms with E-state index in [0.29, 0.717) is 0 Å². The molecule has 0 aromatic heterocycles. The minimum absolute atomic E-state index is 0.0672. The second-order valence-electron chi connectivity index (χ2n) is 5.47. The molecule has 0 fully saturated rings. The van der Waals surface area contributed by atoms with Gasteiger partial charge in [0.2, 0.25) is 0 Å². The van der Waals surface area contributed by atoms with Crippen molar-refractivity contribution >= 4 is 40.6 Å². The summed E-state index contributed by atoms with van der Waals surface area (Å²) in [6.45, 7) is -0.595. The SMILES string of the molecule is O=C(Nc1cc(Cl)c(O)c(Cl)c1)NC(CO)C(O)c1ccc([N+](=O)[O-])cc1. The molecule has 0 aliphatic carbocycles. The van der Waals surface area contributed by atoms with Gasteiger partial charge in [0.15, 0.2) is 5.75 Å². The molecule has 0 saturated heterocycles. The van der Waals surface area contributed by atoms with Crippen molar-refractivity contribution in [2.75, 3.05) is 11.9 Å². The lowest BCUT2D eigenvalue weighted by Crippen LogP contribution is -2.44. The number of amides is 2. The number of hydrogen-bond donors (Lipinski definition) is 5. The number of non-ortho nitro benzene ring substituents is 1. The smallest absolute Gasteiger partial charge is 0.319 e. The molecule has 2 rings (SSSR count). The number of urea groups is 1. The molecule has 0 spiro atoms. The van der Waals surface area contributed by atoms with Gasteiger partial charge in [-0.15, -0.1) is 0 Å². The minimum Gasteiger partial charge on any atom is -0.505 e. The molecule has 9 nitrogen and oxygen atoms in total. The molecule has 0 heterocycles. The first kappa shape index (κ1) is 20.7. The number of nitrogens with zero attached hydrogens (tertiary/aromatic N) is 1. The molecule has 2 unspecified atom stereocenters. The van der Waals surface area contributed by atoms with E-state index in [4.69, 9.17) is 23.2 Å². The fourth-order valence-corrected chi connectivity index (χ4v) is 2.71. The average molecular weight is 416 g/mol. The van der Waals surface area contributed by atoms with E-state index in [1.54, 1.807) is 0 Å². The van der Waals surface area contributed by atoms with E-state index in [-0.39, 0.29) is 32.7 Å². The Morgan fingerprint density at radius 1 is 1.19 bits per heavy atom. The quantitative estimate of drug-likeness (QED) is 0.278. The topological polar surface area (TPSA) is 145 Å². The highest BCUT2D eigenvalue weighted by atomic mass is 35.5. The normalized spacial score (nSPS) is 12.9. The number of aromatic hydroxyl groups is 1. The van der Waals surface area contributed by atoms with Crippen LogP contribution in [0.3, 0.4) is 0 Å². The number of phenols is 1. The number of carbonyl (C=O) groups excluding carboxylic acids is 1. The fraction of sp³-hybridized carbons (Fsp3) is 0.188. The summed E-state index contributed by atoms with van der Waals surface area (Å²) in [4.78, 5) is 22.2. The van der Waals surface area contributed by atoms with Crippen LogP contribution in [0.15, 0.2) is 36.4 Å². The number of aliphatic hydroxyl groups is 2. The first-order valence-electron chi connectivity index (χ1n) is 7.51. The highest BCUT2D eigenvalue weighted by molar-refractivity contribution is 6.37. The van der Waals surface area contributed by atoms with E-state index in [1.807, 2.05) is 0 Å². The number of nitro benzene ring substituents is 1. The summed E-state index contributed by atoms with van der Waals surface area (Å²) in [5.74, 6) is -0.328. The van der Waals surface area contributed by atoms with Gasteiger partial charge in [0.05, 0.1) is 27.6 Å². The summed E-state index contributed by atoms with van der Waals surface area (Å²) in [7, 11) is 0. The predicted molar refractivity (Wildman–Crippen MR) is 99.2 cm³/mol. The lowest BCUT2D eigenvalue weighted by atomic mass is 10.0. The molecule has 2 aromatic carbocycles. The highest BCUT2D eigenvalue weighted by Crippen LogP contribution is 2.34. The lowest BCUT2D eigenvalue weighted by Gasteiger charge is -2.22. The van der Waals surface area contributed by atoms with Gasteiger partial charge < -0.3 is 26.0 Å². The van der Waals surface area contributed by atoms with Gasteiger partial charge in [-0.25, -0.2) is 4.79 Å². The first-order valence-corrected chi connectivity index (χ1v) is 8.27. The number of halogens is 2. The third-order valence-electron chi connectivity index (χ3n) is 3.61. The molecule has 0 aliphatic heterocycles. The Kier molecular flexibility index (Phi) is 6.81. The van der Waals surface area contributed by atoms with E-state index < -0.39 is 29.7 Å². The van der Waals surface area contributed by atoms with E-state index in [9.17, 15) is 30.2 Å². The van der Waals surface area contributed by atoms with Gasteiger partial charge in [-0.05, 0) is 29.8 Å². The molecule has 27 heavy (non-hydrogen) atoms. The summed E-state index contributed by atoms with van der Waals surface area (Å²) in [6, 6.07) is 5.73. The maximum Gasteiger partial charge on any atom is 0.319 e. The molecule has 5 N–H and O–H groups in total. The third kappa shape index (κ3) is 5.20. The minimum atomic E-state index is -1.31. The van der Waals surface area contributed by atoms with Crippen molar-refractivity contribution in [3.05, 3.63) is 62.1 Å². The number of benzene rings is 2. The summed E-state index contributed by atoms with van der Waals surface area (Å²) < 4.78 is 0. The van der Waals surface area contributed by atoms with E-state index in [2.05, 4.69) is 10.6 Å². The van der Waals surface area contributed by atoms with Crippen molar-refractivity contribution in [1.82, 2.24) is 5.32 Å². The van der Waals surface area contributed by atoms with Crippen LogP contribution < -0.4 is 10.6 Å². The van der Waals surface area contributed by atoms with E-state index >= 15 is 0 Å². The van der Waals surface area contributed by atoms with Crippen molar-refractivity contribution in [3.63, 3.8) is 0 Å². The monoisotopic (exact) mass is 415 g/mol. The third-order valence-corrected chi connectivity index (χ3v) is 4.19. The number of nitrogens with one attached hydrogen (secondary N) is 2. The molecule has 0 bridgehead atoms. The van der Waals surface area contributed by atoms with Gasteiger partial charge in [0.25, 0.3) is 5.69 Å². The van der Waals surface area contributed by atoms with E-state index in [1.165, 1.54) is 36.4 Å². The molecule has 2 amide bonds. The number of carbonyl (C=O) groups is 1. The number of anilines is 1. The van der Waals surface area contributed by atoms with Crippen molar-refractivity contribution in [2.24, 2.45) is 0 Å². The van der Waals surface area contributed by atoms with Crippen molar-refractivity contribution in [3.8, 4) is 5.75 Å². The van der Waals surface area contributed by atoms with Gasteiger partial charge in [0.1, 0.15) is 6.10 Å². The average Bonchev–Trinajstić information content (AvgIpc) is 2.63. The molecule has 0 radical (unpaired) electrons. The first-order chi connectivity index (χ1) is 12.7. The van der Waals surface area contributed by atoms with Gasteiger partial charge >= 0.3 is 6.03 Å². The van der Waals surface area contributed by atoms with Crippen LogP contribution in [-0.2, 0) is 0 Å². The van der Waals surface area contributed by atoms with Crippen LogP contribution >= 0.6 is 23.2 Å². The maximum atomic E-state index is 12.1. The molecule has 0 saturated carbocycles. The van der Waals surface area contributed by atoms with Gasteiger partial charge in [-0.3, -0.25) is 10.1 Å². The van der Waals surface area contributed by atoms with Crippen molar-refractivity contribution in [1.29, 1.82) is 0 Å². The molecule has 11 heteroatoms. The molecular formula is C16H15Cl2N3O6. The molecular weight excluding hydrogens is 401 g/mol. The summed E-state index contributed by atoms with van der Waals surface area (Å²) >= 11 is 11.5. The second kappa shape index (κ2) is 8.87. The molecule has 2 aromatic rings. The Labute approximate surface area is 163 Å². The van der Waals surface area contributed by atoms with Crippen LogP contribution in [-0.4, -0.2) is 38.9 Å². The highest BCUT2D eigenvalue weighted by Gasteiger charge is 2.23. The number of hydrogen-bond acceptors (Lipinski definition) is 6. The van der Waals surface area contributed by atoms with Gasteiger partial charge in [-0.1, -0.05) is 23.2 Å². The Morgan fingerprint density at radius 3 is 2.22 bits per heavy atom. The lowest BCUT2D eigenvalue weighted by molar-refractivity contribution is -0.384. The zero-order valence-electron chi connectivity index (χ0n) is 13.6. The Morgan fingerprint density at radius 2 is 1.74 bits per heavy atom. The van der Waals surface area contributed by atoms with Crippen LogP contribution in [0.1, 0.15) is 11.7 Å². The second-order valence-corrected chi connectivity index (χ2v) is 6.28. The maximum absolute atomic E-state index is 12.1. The number of phenolic OH excluding ortho intramolecular Hbond substituents is 1. The van der Waals surface area contributed by atoms with Crippen molar-refractivity contribution in [2.45, 2.75) is 12.1 Å². The van der Waals surface area contributed by atoms with E-state index in [0.717, 1.165) is 0 Å². The van der Waals surface area contributed by atoms with Crippen molar-refractivity contribution < 1.29 is 25.0 Å². The Bertz CT molecular complexity index is 824. The summed E-state index contributed by atoms with van der Waals surface area (Å²) in [6.07, 6.45) is -1.31. The zero-order valence-corrected chi connectivity index (χ0v) is 15.1. The number of rotatable bonds is 6. The Hall–Kier alpha value is -2.59. The standard InChI is InChI=1S/C16H15Cl2N3O6/c17-11-5-9(6-12(18)15(11)24)19-16(25)20-13(7-22)14(23)8-1-3-10(4-2-8)21(26)27/h1-6,13-14,22-24H,7H2,(H2,19,20,25). The Balaban J connectivity index is 2.06. The molecule has 2 atom stereocenters. The molecule has 0 aliphatic rings. The number of aliphatic hydroxyl groups excluding tert-OH is 2. The fourth-order valence-electron chi connectivity index (χ4n) is 2.22. The van der Waals surface area contributed by atoms with Crippen LogP contribution in [0.25, 0.3) is 0 Å². The number of nitro groups is 1. The van der Waals surface area contributed by atoms with Gasteiger partial charge in [-0.2, -0.15) is 0 Å². The largest absolute Gasteiger partial charge is 0.505 e. The summed E-state index contributed by atoms with van der Waals surface area (Å²) in [5, 5.41) is 44.6. The van der Waals surface area contributed by atoms with Gasteiger partial charge in [0, 0.05) is 17.8 Å². The predicted octanol–water partition coefficient (Wildman–Crippen LogP) is 2.82. The van der Waals surface area contributed by atoms with Crippen LogP contribution in [0.2, 0.25) is 10.0 Å². The molecule has 144 valence electrons. The summed E-state index contributed by atoms with van der Waals surface area (Å²) in [5.41, 5.74) is 0.302. The van der Waals surface area contributed by atoms with Crippen LogP contribution in [0.5, 0.6) is 5.75 Å². The zero-order chi connectivity index (χ0) is 20.1. The van der Waals surface area contributed by atoms with Crippen LogP contribution in [0, 0.1) is 10.1 Å². The van der Waals surface area contributed by atoms with Crippen LogP contribution in [0.4, 0.5) is 16.2 Å².